The maximum Gasteiger partial charge on any atom is 0.230 e. The van der Waals surface area contributed by atoms with Gasteiger partial charge in [0.15, 0.2) is 5.82 Å². The van der Waals surface area contributed by atoms with E-state index in [2.05, 4.69) is 10.1 Å². The minimum Gasteiger partial charge on any atom is -0.393 e. The van der Waals surface area contributed by atoms with Crippen molar-refractivity contribution in [3.63, 3.8) is 0 Å². The van der Waals surface area contributed by atoms with Gasteiger partial charge in [0.1, 0.15) is 0 Å². The zero-order chi connectivity index (χ0) is 10.7. The van der Waals surface area contributed by atoms with Crippen molar-refractivity contribution in [1.82, 2.24) is 10.1 Å². The Labute approximate surface area is 93.4 Å². The van der Waals surface area contributed by atoms with E-state index in [1.807, 2.05) is 11.8 Å². The Morgan fingerprint density at radius 3 is 3.20 bits per heavy atom. The quantitative estimate of drug-likeness (QED) is 0.851. The third-order valence-corrected chi connectivity index (χ3v) is 3.69. The first-order chi connectivity index (χ1) is 7.25. The van der Waals surface area contributed by atoms with Crippen molar-refractivity contribution in [2.75, 3.05) is 11.5 Å². The lowest BCUT2D eigenvalue weighted by Crippen LogP contribution is -2.10. The Balaban J connectivity index is 1.99. The molecular weight excluding hydrogens is 212 g/mol. The summed E-state index contributed by atoms with van der Waals surface area (Å²) in [7, 11) is 0. The second-order valence-electron chi connectivity index (χ2n) is 4.02. The summed E-state index contributed by atoms with van der Waals surface area (Å²) >= 11 is 1.94. The molecule has 1 aliphatic rings. The molecule has 0 aliphatic carbocycles. The predicted octanol–water partition coefficient (Wildman–Crippen LogP) is 1.60. The van der Waals surface area contributed by atoms with Crippen LogP contribution in [0.25, 0.3) is 0 Å². The van der Waals surface area contributed by atoms with Crippen LogP contribution in [0.4, 0.5) is 0 Å². The molecule has 1 saturated heterocycles. The SMILES string of the molecule is CC(O)Cc1noc(C2CCCSC2)n1. The molecule has 1 aromatic heterocycles. The van der Waals surface area contributed by atoms with Crippen LogP contribution in [0, 0.1) is 0 Å². The van der Waals surface area contributed by atoms with Crippen LogP contribution in [-0.4, -0.2) is 32.9 Å². The fourth-order valence-electron chi connectivity index (χ4n) is 1.72. The van der Waals surface area contributed by atoms with Gasteiger partial charge in [0, 0.05) is 18.1 Å². The molecule has 0 aromatic carbocycles. The smallest absolute Gasteiger partial charge is 0.230 e. The van der Waals surface area contributed by atoms with Gasteiger partial charge < -0.3 is 9.63 Å². The molecule has 0 spiro atoms. The summed E-state index contributed by atoms with van der Waals surface area (Å²) in [6, 6.07) is 0. The van der Waals surface area contributed by atoms with Gasteiger partial charge in [0.25, 0.3) is 0 Å². The zero-order valence-electron chi connectivity index (χ0n) is 8.85. The average Bonchev–Trinajstić information content (AvgIpc) is 2.67. The van der Waals surface area contributed by atoms with E-state index in [0.29, 0.717) is 18.2 Å². The molecule has 2 heterocycles. The van der Waals surface area contributed by atoms with Crippen LogP contribution in [0.2, 0.25) is 0 Å². The third-order valence-electron chi connectivity index (χ3n) is 2.47. The van der Waals surface area contributed by atoms with Gasteiger partial charge in [0.2, 0.25) is 5.89 Å². The third kappa shape index (κ3) is 2.95. The van der Waals surface area contributed by atoms with Crippen molar-refractivity contribution in [2.24, 2.45) is 0 Å². The summed E-state index contributed by atoms with van der Waals surface area (Å²) in [4.78, 5) is 4.32. The molecule has 0 saturated carbocycles. The van der Waals surface area contributed by atoms with Crippen molar-refractivity contribution in [3.05, 3.63) is 11.7 Å². The molecule has 1 N–H and O–H groups in total. The molecule has 4 nitrogen and oxygen atoms in total. The van der Waals surface area contributed by atoms with E-state index in [4.69, 9.17) is 4.52 Å². The number of aliphatic hydroxyl groups excluding tert-OH is 1. The van der Waals surface area contributed by atoms with Gasteiger partial charge in [-0.1, -0.05) is 5.16 Å². The number of hydrogen-bond acceptors (Lipinski definition) is 5. The van der Waals surface area contributed by atoms with Gasteiger partial charge in [-0.25, -0.2) is 0 Å². The molecule has 15 heavy (non-hydrogen) atoms. The van der Waals surface area contributed by atoms with E-state index in [9.17, 15) is 5.11 Å². The molecule has 0 amide bonds. The molecule has 2 rings (SSSR count). The summed E-state index contributed by atoms with van der Waals surface area (Å²) < 4.78 is 5.22. The highest BCUT2D eigenvalue weighted by Crippen LogP contribution is 2.30. The van der Waals surface area contributed by atoms with Gasteiger partial charge in [0.05, 0.1) is 6.10 Å². The Morgan fingerprint density at radius 2 is 2.53 bits per heavy atom. The van der Waals surface area contributed by atoms with Crippen molar-refractivity contribution in [2.45, 2.75) is 38.2 Å². The van der Waals surface area contributed by atoms with Crippen molar-refractivity contribution in [3.8, 4) is 0 Å². The van der Waals surface area contributed by atoms with Gasteiger partial charge in [-0.05, 0) is 25.5 Å². The van der Waals surface area contributed by atoms with Gasteiger partial charge in [-0.3, -0.25) is 0 Å². The summed E-state index contributed by atoms with van der Waals surface area (Å²) in [6.07, 6.45) is 2.44. The van der Waals surface area contributed by atoms with Crippen LogP contribution < -0.4 is 0 Å². The number of aliphatic hydroxyl groups is 1. The first kappa shape index (κ1) is 11.0. The number of rotatable bonds is 3. The molecule has 1 aromatic rings. The second kappa shape index (κ2) is 4.99. The van der Waals surface area contributed by atoms with Crippen molar-refractivity contribution >= 4 is 11.8 Å². The van der Waals surface area contributed by atoms with Gasteiger partial charge >= 0.3 is 0 Å². The molecule has 1 aliphatic heterocycles. The second-order valence-corrected chi connectivity index (χ2v) is 5.17. The highest BCUT2D eigenvalue weighted by atomic mass is 32.2. The summed E-state index contributed by atoms with van der Waals surface area (Å²) in [5, 5.41) is 13.1. The van der Waals surface area contributed by atoms with Crippen LogP contribution in [-0.2, 0) is 6.42 Å². The van der Waals surface area contributed by atoms with Crippen LogP contribution in [0.15, 0.2) is 4.52 Å². The highest BCUT2D eigenvalue weighted by molar-refractivity contribution is 7.99. The van der Waals surface area contributed by atoms with E-state index >= 15 is 0 Å². The molecule has 2 atom stereocenters. The summed E-state index contributed by atoms with van der Waals surface area (Å²) in [5.74, 6) is 4.11. The molecule has 0 bridgehead atoms. The van der Waals surface area contributed by atoms with E-state index in [1.165, 1.54) is 12.2 Å². The van der Waals surface area contributed by atoms with Crippen molar-refractivity contribution in [1.29, 1.82) is 0 Å². The lowest BCUT2D eigenvalue weighted by atomic mass is 10.1. The number of thioether (sulfide) groups is 1. The number of aromatic nitrogens is 2. The largest absolute Gasteiger partial charge is 0.393 e. The average molecular weight is 228 g/mol. The predicted molar refractivity (Wildman–Crippen MR) is 59.0 cm³/mol. The molecule has 2 unspecified atom stereocenters. The van der Waals surface area contributed by atoms with Crippen LogP contribution in [0.5, 0.6) is 0 Å². The monoisotopic (exact) mass is 228 g/mol. The van der Waals surface area contributed by atoms with E-state index in [1.54, 1.807) is 6.92 Å². The number of hydrogen-bond donors (Lipinski definition) is 1. The molecule has 1 fully saturated rings. The fourth-order valence-corrected chi connectivity index (χ4v) is 2.85. The maximum atomic E-state index is 9.20. The minimum absolute atomic E-state index is 0.406. The molecule has 84 valence electrons. The van der Waals surface area contributed by atoms with Crippen molar-refractivity contribution < 1.29 is 9.63 Å². The van der Waals surface area contributed by atoms with Gasteiger partial charge in [-0.2, -0.15) is 16.7 Å². The minimum atomic E-state index is -0.406. The Hall–Kier alpha value is -0.550. The lowest BCUT2D eigenvalue weighted by Gasteiger charge is -2.16. The Kier molecular flexibility index (Phi) is 3.64. The maximum absolute atomic E-state index is 9.20. The van der Waals surface area contributed by atoms with Crippen LogP contribution in [0.1, 0.15) is 37.4 Å². The topological polar surface area (TPSA) is 59.2 Å². The van der Waals surface area contributed by atoms with E-state index < -0.39 is 6.10 Å². The standard InChI is InChI=1S/C10H16N2O2S/c1-7(13)5-9-11-10(14-12-9)8-3-2-4-15-6-8/h7-8,13H,2-6H2,1H3. The van der Waals surface area contributed by atoms with Crippen LogP contribution >= 0.6 is 11.8 Å². The Bertz CT molecular complexity index is 308. The van der Waals surface area contributed by atoms with Crippen LogP contribution in [0.3, 0.4) is 0 Å². The molecule has 0 radical (unpaired) electrons. The first-order valence-electron chi connectivity index (χ1n) is 5.34. The molecular formula is C10H16N2O2S. The first-order valence-corrected chi connectivity index (χ1v) is 6.49. The molecule has 5 heteroatoms. The summed E-state index contributed by atoms with van der Waals surface area (Å²) in [6.45, 7) is 1.73. The fraction of sp³-hybridized carbons (Fsp3) is 0.800. The Morgan fingerprint density at radius 1 is 1.67 bits per heavy atom. The van der Waals surface area contributed by atoms with E-state index in [0.717, 1.165) is 18.1 Å². The lowest BCUT2D eigenvalue weighted by molar-refractivity contribution is 0.191. The van der Waals surface area contributed by atoms with E-state index in [-0.39, 0.29) is 0 Å². The highest BCUT2D eigenvalue weighted by Gasteiger charge is 2.22. The zero-order valence-corrected chi connectivity index (χ0v) is 9.66. The van der Waals surface area contributed by atoms with Gasteiger partial charge in [-0.15, -0.1) is 0 Å². The summed E-state index contributed by atoms with van der Waals surface area (Å²) in [5.41, 5.74) is 0. The normalized spacial score (nSPS) is 24.0. The number of nitrogens with zero attached hydrogens (tertiary/aromatic N) is 2.